The Morgan fingerprint density at radius 3 is 2.73 bits per heavy atom. The Bertz CT molecular complexity index is 801. The van der Waals surface area contributed by atoms with Crippen LogP contribution in [0, 0.1) is 0 Å². The van der Waals surface area contributed by atoms with Gasteiger partial charge in [-0.05, 0) is 30.3 Å². The van der Waals surface area contributed by atoms with Gasteiger partial charge in [0.1, 0.15) is 12.3 Å². The number of nitrogens with one attached hydrogen (secondary N) is 2. The highest BCUT2D eigenvalue weighted by Gasteiger charge is 2.17. The van der Waals surface area contributed by atoms with Gasteiger partial charge in [-0.15, -0.1) is 0 Å². The SMILES string of the molecule is O=C(COC(=O)CNC(=O)c1ccc2c(c1)OCO2)NCc1ccco1. The molecule has 0 unspecified atom stereocenters. The zero-order chi connectivity index (χ0) is 18.4. The van der Waals surface area contributed by atoms with Crippen molar-refractivity contribution >= 4 is 17.8 Å². The van der Waals surface area contributed by atoms with Crippen molar-refractivity contribution < 1.29 is 33.0 Å². The summed E-state index contributed by atoms with van der Waals surface area (Å²) in [6.07, 6.45) is 1.49. The van der Waals surface area contributed by atoms with Crippen molar-refractivity contribution in [1.82, 2.24) is 10.6 Å². The molecule has 1 aliphatic heterocycles. The highest BCUT2D eigenvalue weighted by Crippen LogP contribution is 2.32. The van der Waals surface area contributed by atoms with E-state index in [2.05, 4.69) is 10.6 Å². The minimum atomic E-state index is -0.729. The summed E-state index contributed by atoms with van der Waals surface area (Å²) in [4.78, 5) is 35.2. The summed E-state index contributed by atoms with van der Waals surface area (Å²) in [7, 11) is 0. The third-order valence-corrected chi connectivity index (χ3v) is 3.43. The fourth-order valence-corrected chi connectivity index (χ4v) is 2.14. The molecule has 1 aromatic carbocycles. The molecular formula is C17H16N2O7. The Morgan fingerprint density at radius 2 is 1.92 bits per heavy atom. The van der Waals surface area contributed by atoms with Gasteiger partial charge in [-0.1, -0.05) is 0 Å². The van der Waals surface area contributed by atoms with Crippen LogP contribution in [-0.4, -0.2) is 37.7 Å². The van der Waals surface area contributed by atoms with Crippen LogP contribution in [0.1, 0.15) is 16.1 Å². The number of furan rings is 1. The maximum Gasteiger partial charge on any atom is 0.325 e. The van der Waals surface area contributed by atoms with Crippen LogP contribution in [0.5, 0.6) is 11.5 Å². The maximum atomic E-state index is 12.0. The van der Waals surface area contributed by atoms with Crippen LogP contribution in [0.3, 0.4) is 0 Å². The van der Waals surface area contributed by atoms with Gasteiger partial charge in [0.05, 0.1) is 12.8 Å². The lowest BCUT2D eigenvalue weighted by Gasteiger charge is -2.07. The Hall–Kier alpha value is -3.49. The molecule has 0 saturated carbocycles. The summed E-state index contributed by atoms with van der Waals surface area (Å²) >= 11 is 0. The van der Waals surface area contributed by atoms with Crippen LogP contribution in [-0.2, 0) is 20.9 Å². The van der Waals surface area contributed by atoms with Gasteiger partial charge < -0.3 is 29.3 Å². The molecule has 2 aromatic rings. The molecule has 0 spiro atoms. The lowest BCUT2D eigenvalue weighted by atomic mass is 10.2. The maximum absolute atomic E-state index is 12.0. The zero-order valence-electron chi connectivity index (χ0n) is 13.7. The van der Waals surface area contributed by atoms with Gasteiger partial charge in [-0.3, -0.25) is 14.4 Å². The predicted molar refractivity (Wildman–Crippen MR) is 86.4 cm³/mol. The molecule has 0 radical (unpaired) electrons. The molecule has 1 aliphatic rings. The number of fused-ring (bicyclic) bond motifs is 1. The molecule has 2 N–H and O–H groups in total. The van der Waals surface area contributed by atoms with E-state index in [4.69, 9.17) is 18.6 Å². The molecular weight excluding hydrogens is 344 g/mol. The Morgan fingerprint density at radius 1 is 1.08 bits per heavy atom. The molecule has 2 heterocycles. The van der Waals surface area contributed by atoms with E-state index in [-0.39, 0.29) is 19.9 Å². The Labute approximate surface area is 148 Å². The highest BCUT2D eigenvalue weighted by molar-refractivity contribution is 5.96. The van der Waals surface area contributed by atoms with Crippen molar-refractivity contribution in [3.8, 4) is 11.5 Å². The molecule has 0 saturated heterocycles. The number of ether oxygens (including phenoxy) is 3. The second-order valence-electron chi connectivity index (χ2n) is 5.27. The lowest BCUT2D eigenvalue weighted by Crippen LogP contribution is -2.33. The number of carbonyl (C=O) groups is 3. The molecule has 136 valence electrons. The molecule has 2 amide bonds. The van der Waals surface area contributed by atoms with E-state index >= 15 is 0 Å². The Kier molecular flexibility index (Phi) is 5.37. The normalized spacial score (nSPS) is 11.7. The molecule has 0 fully saturated rings. The molecule has 26 heavy (non-hydrogen) atoms. The van der Waals surface area contributed by atoms with Gasteiger partial charge >= 0.3 is 5.97 Å². The quantitative estimate of drug-likeness (QED) is 0.695. The first kappa shape index (κ1) is 17.3. The van der Waals surface area contributed by atoms with Crippen molar-refractivity contribution in [3.63, 3.8) is 0 Å². The van der Waals surface area contributed by atoms with Crippen molar-refractivity contribution in [3.05, 3.63) is 47.9 Å². The van der Waals surface area contributed by atoms with E-state index in [9.17, 15) is 14.4 Å². The average Bonchev–Trinajstić information content (AvgIpc) is 3.33. The van der Waals surface area contributed by atoms with Crippen LogP contribution in [0.15, 0.2) is 41.0 Å². The summed E-state index contributed by atoms with van der Waals surface area (Å²) in [5, 5.41) is 4.94. The van der Waals surface area contributed by atoms with E-state index in [0.717, 1.165) is 0 Å². The molecule has 0 atom stereocenters. The van der Waals surface area contributed by atoms with Crippen molar-refractivity contribution in [2.45, 2.75) is 6.54 Å². The largest absolute Gasteiger partial charge is 0.467 e. The minimum Gasteiger partial charge on any atom is -0.467 e. The predicted octanol–water partition coefficient (Wildman–Crippen LogP) is 0.598. The average molecular weight is 360 g/mol. The molecule has 0 aliphatic carbocycles. The standard InChI is InChI=1S/C17H16N2O7/c20-15(18-7-12-2-1-5-23-12)9-24-16(21)8-19-17(22)11-3-4-13-14(6-11)26-10-25-13/h1-6H,7-10H2,(H,18,20)(H,19,22). The fourth-order valence-electron chi connectivity index (χ4n) is 2.14. The first-order valence-corrected chi connectivity index (χ1v) is 7.74. The molecule has 0 bridgehead atoms. The monoisotopic (exact) mass is 360 g/mol. The van der Waals surface area contributed by atoms with E-state index in [1.165, 1.54) is 12.3 Å². The zero-order valence-corrected chi connectivity index (χ0v) is 13.7. The van der Waals surface area contributed by atoms with Crippen LogP contribution < -0.4 is 20.1 Å². The van der Waals surface area contributed by atoms with Gasteiger partial charge in [0, 0.05) is 5.56 Å². The second kappa shape index (κ2) is 8.06. The molecule has 9 heteroatoms. The third kappa shape index (κ3) is 4.53. The number of hydrogen-bond donors (Lipinski definition) is 2. The number of esters is 1. The number of rotatable bonds is 7. The number of carbonyl (C=O) groups excluding carboxylic acids is 3. The fraction of sp³-hybridized carbons (Fsp3) is 0.235. The van der Waals surface area contributed by atoms with Gasteiger partial charge in [0.2, 0.25) is 6.79 Å². The van der Waals surface area contributed by atoms with Crippen LogP contribution in [0.2, 0.25) is 0 Å². The summed E-state index contributed by atoms with van der Waals surface area (Å²) < 4.78 is 20.2. The van der Waals surface area contributed by atoms with Gasteiger partial charge in [0.15, 0.2) is 18.1 Å². The van der Waals surface area contributed by atoms with Crippen LogP contribution in [0.25, 0.3) is 0 Å². The number of amides is 2. The summed E-state index contributed by atoms with van der Waals surface area (Å²) in [6.45, 7) is -0.503. The van der Waals surface area contributed by atoms with E-state index in [1.807, 2.05) is 0 Å². The third-order valence-electron chi connectivity index (χ3n) is 3.43. The van der Waals surface area contributed by atoms with E-state index in [0.29, 0.717) is 22.8 Å². The van der Waals surface area contributed by atoms with E-state index in [1.54, 1.807) is 24.3 Å². The van der Waals surface area contributed by atoms with Gasteiger partial charge in [0.25, 0.3) is 11.8 Å². The summed E-state index contributed by atoms with van der Waals surface area (Å²) in [6, 6.07) is 8.09. The van der Waals surface area contributed by atoms with Crippen molar-refractivity contribution in [1.29, 1.82) is 0 Å². The van der Waals surface area contributed by atoms with Crippen molar-refractivity contribution in [2.24, 2.45) is 0 Å². The molecule has 1 aromatic heterocycles. The number of benzene rings is 1. The van der Waals surface area contributed by atoms with E-state index < -0.39 is 24.4 Å². The first-order valence-electron chi connectivity index (χ1n) is 7.74. The summed E-state index contributed by atoms with van der Waals surface area (Å²) in [5.41, 5.74) is 0.318. The summed E-state index contributed by atoms with van der Waals surface area (Å²) in [5.74, 6) is -0.0674. The smallest absolute Gasteiger partial charge is 0.325 e. The first-order chi connectivity index (χ1) is 12.6. The Balaban J connectivity index is 1.37. The highest BCUT2D eigenvalue weighted by atomic mass is 16.7. The van der Waals surface area contributed by atoms with Crippen LogP contribution in [0.4, 0.5) is 0 Å². The van der Waals surface area contributed by atoms with Crippen LogP contribution >= 0.6 is 0 Å². The minimum absolute atomic E-state index is 0.106. The topological polar surface area (TPSA) is 116 Å². The van der Waals surface area contributed by atoms with Gasteiger partial charge in [-0.2, -0.15) is 0 Å². The number of hydrogen-bond acceptors (Lipinski definition) is 7. The molecule has 9 nitrogen and oxygen atoms in total. The van der Waals surface area contributed by atoms with Gasteiger partial charge in [-0.25, -0.2) is 0 Å². The van der Waals surface area contributed by atoms with Crippen molar-refractivity contribution in [2.75, 3.05) is 19.9 Å². The molecule has 3 rings (SSSR count). The second-order valence-corrected chi connectivity index (χ2v) is 5.27. The lowest BCUT2D eigenvalue weighted by molar-refractivity contribution is -0.147.